The first-order valence-electron chi connectivity index (χ1n) is 10.4. The van der Waals surface area contributed by atoms with E-state index in [0.717, 1.165) is 29.6 Å². The van der Waals surface area contributed by atoms with Crippen molar-refractivity contribution < 1.29 is 9.18 Å². The number of halogens is 2. The van der Waals surface area contributed by atoms with E-state index in [4.69, 9.17) is 0 Å². The summed E-state index contributed by atoms with van der Waals surface area (Å²) in [6.07, 6.45) is 8.01. The molecule has 6 rings (SSSR count). The normalized spacial score (nSPS) is 28.3. The zero-order valence-corrected chi connectivity index (χ0v) is 18.2. The third-order valence-corrected chi connectivity index (χ3v) is 7.72. The molecular weight excluding hydrogens is 463 g/mol. The van der Waals surface area contributed by atoms with Crippen molar-refractivity contribution in [3.8, 4) is 5.69 Å². The topological polar surface area (TPSA) is 75.9 Å². The highest BCUT2D eigenvalue weighted by molar-refractivity contribution is 9.10. The number of rotatable bonds is 4. The van der Waals surface area contributed by atoms with Crippen LogP contribution in [0.4, 0.5) is 10.2 Å². The van der Waals surface area contributed by atoms with Crippen LogP contribution in [0.15, 0.2) is 53.4 Å². The Bertz CT molecular complexity index is 1150. The Kier molecular flexibility index (Phi) is 4.18. The van der Waals surface area contributed by atoms with Crippen LogP contribution in [0, 0.1) is 17.2 Å². The van der Waals surface area contributed by atoms with Crippen LogP contribution >= 0.6 is 15.9 Å². The molecular formula is C22H20BrFN6O. The number of carbonyl (C=O) groups is 1. The van der Waals surface area contributed by atoms with Crippen molar-refractivity contribution in [2.24, 2.45) is 11.3 Å². The Morgan fingerprint density at radius 3 is 2.77 bits per heavy atom. The molecule has 31 heavy (non-hydrogen) atoms. The summed E-state index contributed by atoms with van der Waals surface area (Å²) in [6, 6.07) is 8.64. The van der Waals surface area contributed by atoms with Crippen LogP contribution in [0.2, 0.25) is 0 Å². The Hall–Kier alpha value is -2.81. The van der Waals surface area contributed by atoms with Gasteiger partial charge in [0.1, 0.15) is 11.5 Å². The van der Waals surface area contributed by atoms with Crippen molar-refractivity contribution in [1.82, 2.24) is 24.9 Å². The monoisotopic (exact) mass is 482 g/mol. The summed E-state index contributed by atoms with van der Waals surface area (Å²) < 4.78 is 15.6. The lowest BCUT2D eigenvalue weighted by atomic mass is 9.47. The van der Waals surface area contributed by atoms with E-state index in [2.05, 4.69) is 36.4 Å². The van der Waals surface area contributed by atoms with E-state index < -0.39 is 5.82 Å². The van der Waals surface area contributed by atoms with Gasteiger partial charge in [0, 0.05) is 23.3 Å². The van der Waals surface area contributed by atoms with Crippen LogP contribution in [0.1, 0.15) is 29.6 Å². The van der Waals surface area contributed by atoms with E-state index >= 15 is 0 Å². The average Bonchev–Trinajstić information content (AvgIpc) is 3.32. The van der Waals surface area contributed by atoms with Crippen LogP contribution in [0.5, 0.6) is 0 Å². The molecule has 1 aliphatic heterocycles. The smallest absolute Gasteiger partial charge is 0.256 e. The van der Waals surface area contributed by atoms with E-state index in [1.54, 1.807) is 18.3 Å². The second-order valence-corrected chi connectivity index (χ2v) is 9.56. The van der Waals surface area contributed by atoms with E-state index in [0.29, 0.717) is 18.0 Å². The van der Waals surface area contributed by atoms with Gasteiger partial charge >= 0.3 is 0 Å². The van der Waals surface area contributed by atoms with E-state index in [9.17, 15) is 9.18 Å². The molecule has 158 valence electrons. The van der Waals surface area contributed by atoms with Crippen molar-refractivity contribution in [2.45, 2.75) is 31.3 Å². The lowest BCUT2D eigenvalue weighted by Crippen LogP contribution is -2.66. The lowest BCUT2D eigenvalue weighted by Gasteiger charge is -2.60. The molecule has 1 N–H and O–H groups in total. The number of pyridine rings is 1. The average molecular weight is 483 g/mol. The zero-order valence-electron chi connectivity index (χ0n) is 16.6. The van der Waals surface area contributed by atoms with Gasteiger partial charge in [0.15, 0.2) is 5.82 Å². The maximum atomic E-state index is 14.7. The van der Waals surface area contributed by atoms with Gasteiger partial charge < -0.3 is 10.2 Å². The molecule has 2 aromatic heterocycles. The predicted molar refractivity (Wildman–Crippen MR) is 115 cm³/mol. The Balaban J connectivity index is 1.33. The Morgan fingerprint density at radius 2 is 2.06 bits per heavy atom. The summed E-state index contributed by atoms with van der Waals surface area (Å²) in [5.74, 6) is 0.629. The molecule has 9 heteroatoms. The quantitative estimate of drug-likeness (QED) is 0.613. The van der Waals surface area contributed by atoms with Gasteiger partial charge in [-0.3, -0.25) is 4.79 Å². The third kappa shape index (κ3) is 2.75. The molecule has 3 aromatic rings. The van der Waals surface area contributed by atoms with Gasteiger partial charge in [-0.2, -0.15) is 10.2 Å². The number of benzene rings is 1. The molecule has 1 saturated heterocycles. The van der Waals surface area contributed by atoms with Gasteiger partial charge in [0.25, 0.3) is 5.91 Å². The molecule has 1 spiro atoms. The van der Waals surface area contributed by atoms with Gasteiger partial charge in [-0.05, 0) is 70.8 Å². The molecule has 3 heterocycles. The number of para-hydroxylation sites is 1. The number of likely N-dealkylation sites (tertiary alicyclic amines) is 1. The summed E-state index contributed by atoms with van der Waals surface area (Å²) in [5.41, 5.74) is 0.574. The number of hydrogen-bond acceptors (Lipinski definition) is 5. The Morgan fingerprint density at radius 1 is 1.23 bits per heavy atom. The van der Waals surface area contributed by atoms with Gasteiger partial charge in [0.2, 0.25) is 0 Å². The second kappa shape index (κ2) is 6.85. The van der Waals surface area contributed by atoms with Gasteiger partial charge in [-0.15, -0.1) is 4.80 Å². The zero-order chi connectivity index (χ0) is 21.2. The van der Waals surface area contributed by atoms with Crippen molar-refractivity contribution in [3.63, 3.8) is 0 Å². The van der Waals surface area contributed by atoms with Crippen molar-refractivity contribution in [2.75, 3.05) is 11.9 Å². The van der Waals surface area contributed by atoms with E-state index in [-0.39, 0.29) is 29.1 Å². The molecule has 1 aromatic carbocycles. The number of anilines is 1. The minimum Gasteiger partial charge on any atom is -0.365 e. The van der Waals surface area contributed by atoms with Crippen LogP contribution < -0.4 is 5.32 Å². The second-order valence-electron chi connectivity index (χ2n) is 8.64. The number of aromatic nitrogens is 4. The molecule has 7 nitrogen and oxygen atoms in total. The number of nitrogens with one attached hydrogen (secondary N) is 1. The molecule has 4 atom stereocenters. The fourth-order valence-electron chi connectivity index (χ4n) is 5.78. The highest BCUT2D eigenvalue weighted by Gasteiger charge is 2.69. The van der Waals surface area contributed by atoms with E-state index in [1.165, 1.54) is 23.3 Å². The minimum absolute atomic E-state index is 0.0749. The van der Waals surface area contributed by atoms with E-state index in [1.807, 2.05) is 17.0 Å². The largest absolute Gasteiger partial charge is 0.365 e. The summed E-state index contributed by atoms with van der Waals surface area (Å²) in [6.45, 7) is 0.706. The van der Waals surface area contributed by atoms with Crippen molar-refractivity contribution in [1.29, 1.82) is 0 Å². The van der Waals surface area contributed by atoms with Crippen LogP contribution in [-0.2, 0) is 0 Å². The van der Waals surface area contributed by atoms with Crippen molar-refractivity contribution in [3.05, 3.63) is 64.8 Å². The fourth-order valence-corrected chi connectivity index (χ4v) is 6.01. The molecule has 2 aliphatic carbocycles. The number of hydrogen-bond donors (Lipinski definition) is 1. The SMILES string of the molecule is O=C(c1cccc(F)c1-n1nccn1)N1CC2CCC23CC(Nc2ccc(Br)cn2)C13. The van der Waals surface area contributed by atoms with Gasteiger partial charge in [-0.1, -0.05) is 6.07 Å². The third-order valence-electron chi connectivity index (χ3n) is 7.25. The summed E-state index contributed by atoms with van der Waals surface area (Å²) >= 11 is 3.41. The maximum absolute atomic E-state index is 14.7. The number of amides is 1. The fraction of sp³-hybridized carbons (Fsp3) is 0.364. The highest BCUT2D eigenvalue weighted by atomic mass is 79.9. The number of carbonyl (C=O) groups excluding carboxylic acids is 1. The Labute approximate surface area is 186 Å². The van der Waals surface area contributed by atoms with Crippen LogP contribution in [0.3, 0.4) is 0 Å². The summed E-state index contributed by atoms with van der Waals surface area (Å²) in [5, 5.41) is 11.6. The summed E-state index contributed by atoms with van der Waals surface area (Å²) in [4.78, 5) is 21.3. The molecule has 1 amide bonds. The molecule has 3 aliphatic rings. The first-order valence-corrected chi connectivity index (χ1v) is 11.2. The van der Waals surface area contributed by atoms with Crippen molar-refractivity contribution >= 4 is 27.7 Å². The first-order chi connectivity index (χ1) is 15.1. The van der Waals surface area contributed by atoms with Crippen LogP contribution in [-0.4, -0.2) is 49.4 Å². The standard InChI is InChI=1S/C22H20BrFN6O/c23-14-4-5-18(25-11-14)28-17-10-22-7-6-13(22)12-29(20(17)22)21(31)15-2-1-3-16(24)19(15)30-26-8-9-27-30/h1-5,8-9,11,13,17,20H,6-7,10,12H2,(H,25,28). The van der Waals surface area contributed by atoms with Gasteiger partial charge in [0.05, 0.1) is 24.0 Å². The van der Waals surface area contributed by atoms with Crippen LogP contribution in [0.25, 0.3) is 5.69 Å². The number of nitrogens with zero attached hydrogens (tertiary/aromatic N) is 5. The molecule has 4 unspecified atom stereocenters. The maximum Gasteiger partial charge on any atom is 0.256 e. The first kappa shape index (κ1) is 18.9. The molecule has 0 radical (unpaired) electrons. The molecule has 2 saturated carbocycles. The van der Waals surface area contributed by atoms with Gasteiger partial charge in [-0.25, -0.2) is 9.37 Å². The predicted octanol–water partition coefficient (Wildman–Crippen LogP) is 3.67. The summed E-state index contributed by atoms with van der Waals surface area (Å²) in [7, 11) is 0. The molecule has 0 bridgehead atoms. The lowest BCUT2D eigenvalue weighted by molar-refractivity contribution is -0.0528. The minimum atomic E-state index is -0.513. The highest BCUT2D eigenvalue weighted by Crippen LogP contribution is 2.66. The molecule has 3 fully saturated rings.